The number of rotatable bonds is 9. The summed E-state index contributed by atoms with van der Waals surface area (Å²) in [6.45, 7) is 3.72. The summed E-state index contributed by atoms with van der Waals surface area (Å²) in [7, 11) is 0. The monoisotopic (exact) mass is 543 g/mol. The Hall–Kier alpha value is -4.05. The molecule has 4 atom stereocenters. The van der Waals surface area contributed by atoms with Crippen LogP contribution >= 0.6 is 0 Å². The van der Waals surface area contributed by atoms with Gasteiger partial charge in [0.2, 0.25) is 0 Å². The maximum Gasteiger partial charge on any atom is 0.303 e. The SMILES string of the molecule is CC(=O)O[C@@H](C)C(=O)NCc1ccc([C@H]2O[C@@H](Cn3cnc4ccccc43)C[C@@H](c3ccc(CO)cc3)O2)cc1. The number of nitrogens with zero attached hydrogens (tertiary/aromatic N) is 2. The molecule has 208 valence electrons. The van der Waals surface area contributed by atoms with Gasteiger partial charge in [-0.05, 0) is 35.7 Å². The number of ether oxygens (including phenoxy) is 3. The van der Waals surface area contributed by atoms with E-state index in [0.29, 0.717) is 19.5 Å². The predicted octanol–water partition coefficient (Wildman–Crippen LogP) is 4.34. The first kappa shape index (κ1) is 27.5. The van der Waals surface area contributed by atoms with E-state index in [9.17, 15) is 14.7 Å². The normalized spacial score (nSPS) is 19.7. The molecule has 9 nitrogen and oxygen atoms in total. The lowest BCUT2D eigenvalue weighted by atomic mass is 9.99. The standard InChI is InChI=1S/C31H33N3O6/c1-20(38-21(2)36)30(37)32-16-22-7-13-25(14-8-22)31-39-26(17-34-19-33-27-5-3-4-6-28(27)34)15-29(40-31)24-11-9-23(18-35)10-12-24/h3-14,19-20,26,29,31,35H,15-18H2,1-2H3,(H,32,37)/t20-,26+,29-,31-/m0/s1. The minimum Gasteiger partial charge on any atom is -0.453 e. The maximum absolute atomic E-state index is 12.2. The first-order valence-electron chi connectivity index (χ1n) is 13.3. The molecule has 9 heteroatoms. The van der Waals surface area contributed by atoms with E-state index in [4.69, 9.17) is 14.2 Å². The quantitative estimate of drug-likeness (QED) is 0.302. The van der Waals surface area contributed by atoms with Gasteiger partial charge in [-0.3, -0.25) is 9.59 Å². The van der Waals surface area contributed by atoms with Gasteiger partial charge in [-0.2, -0.15) is 0 Å². The Morgan fingerprint density at radius 3 is 2.45 bits per heavy atom. The van der Waals surface area contributed by atoms with E-state index in [1.54, 1.807) is 0 Å². The van der Waals surface area contributed by atoms with Crippen molar-refractivity contribution in [2.75, 3.05) is 0 Å². The first-order valence-corrected chi connectivity index (χ1v) is 13.3. The van der Waals surface area contributed by atoms with Gasteiger partial charge in [0, 0.05) is 25.5 Å². The smallest absolute Gasteiger partial charge is 0.303 e. The molecule has 0 radical (unpaired) electrons. The third-order valence-electron chi connectivity index (χ3n) is 6.97. The summed E-state index contributed by atoms with van der Waals surface area (Å²) < 4.78 is 20.0. The number of aliphatic hydroxyl groups excluding tert-OH is 1. The van der Waals surface area contributed by atoms with Crippen molar-refractivity contribution in [2.45, 2.75) is 64.6 Å². The van der Waals surface area contributed by atoms with Gasteiger partial charge in [0.25, 0.3) is 5.91 Å². The van der Waals surface area contributed by atoms with E-state index in [2.05, 4.69) is 20.9 Å². The van der Waals surface area contributed by atoms with E-state index < -0.39 is 18.4 Å². The van der Waals surface area contributed by atoms with Crippen LogP contribution in [-0.4, -0.2) is 38.7 Å². The largest absolute Gasteiger partial charge is 0.453 e. The predicted molar refractivity (Wildman–Crippen MR) is 148 cm³/mol. The number of carbonyl (C=O) groups is 2. The van der Waals surface area contributed by atoms with Crippen molar-refractivity contribution in [1.82, 2.24) is 14.9 Å². The summed E-state index contributed by atoms with van der Waals surface area (Å²) in [5, 5.41) is 12.2. The van der Waals surface area contributed by atoms with Gasteiger partial charge in [-0.15, -0.1) is 0 Å². The van der Waals surface area contributed by atoms with Crippen LogP contribution in [0.5, 0.6) is 0 Å². The molecule has 4 aromatic rings. The van der Waals surface area contributed by atoms with Crippen molar-refractivity contribution in [2.24, 2.45) is 0 Å². The zero-order chi connectivity index (χ0) is 28.1. The number of fused-ring (bicyclic) bond motifs is 1. The summed E-state index contributed by atoms with van der Waals surface area (Å²) in [4.78, 5) is 27.8. The van der Waals surface area contributed by atoms with Crippen molar-refractivity contribution >= 4 is 22.9 Å². The highest BCUT2D eigenvalue weighted by atomic mass is 16.7. The molecule has 0 saturated carbocycles. The zero-order valence-electron chi connectivity index (χ0n) is 22.5. The summed E-state index contributed by atoms with van der Waals surface area (Å²) in [5.41, 5.74) is 5.60. The van der Waals surface area contributed by atoms with Crippen LogP contribution in [0.1, 0.15) is 54.9 Å². The highest BCUT2D eigenvalue weighted by Crippen LogP contribution is 2.38. The number of carbonyl (C=O) groups excluding carboxylic acids is 2. The molecule has 0 aliphatic carbocycles. The fourth-order valence-corrected chi connectivity index (χ4v) is 4.84. The number of amides is 1. The van der Waals surface area contributed by atoms with Gasteiger partial charge in [0.05, 0.1) is 42.7 Å². The maximum atomic E-state index is 12.2. The second-order valence-electron chi connectivity index (χ2n) is 9.95. The van der Waals surface area contributed by atoms with Crippen molar-refractivity contribution in [1.29, 1.82) is 0 Å². The molecular formula is C31H33N3O6. The van der Waals surface area contributed by atoms with Crippen LogP contribution in [0.2, 0.25) is 0 Å². The van der Waals surface area contributed by atoms with E-state index in [0.717, 1.165) is 33.3 Å². The molecule has 2 N–H and O–H groups in total. The number of imidazole rings is 1. The lowest BCUT2D eigenvalue weighted by molar-refractivity contribution is -0.252. The Morgan fingerprint density at radius 2 is 1.73 bits per heavy atom. The molecule has 1 saturated heterocycles. The van der Waals surface area contributed by atoms with Gasteiger partial charge >= 0.3 is 5.97 Å². The Morgan fingerprint density at radius 1 is 1.02 bits per heavy atom. The van der Waals surface area contributed by atoms with Gasteiger partial charge in [-0.25, -0.2) is 4.98 Å². The van der Waals surface area contributed by atoms with E-state index >= 15 is 0 Å². The number of aromatic nitrogens is 2. The number of hydrogen-bond acceptors (Lipinski definition) is 7. The minimum absolute atomic E-state index is 0.0106. The molecule has 40 heavy (non-hydrogen) atoms. The molecule has 3 aromatic carbocycles. The molecule has 0 spiro atoms. The van der Waals surface area contributed by atoms with Gasteiger partial charge in [0.15, 0.2) is 12.4 Å². The van der Waals surface area contributed by atoms with Crippen LogP contribution in [-0.2, 0) is 43.5 Å². The summed E-state index contributed by atoms with van der Waals surface area (Å²) in [6, 6.07) is 23.5. The minimum atomic E-state index is -0.853. The molecule has 1 aromatic heterocycles. The number of nitrogens with one attached hydrogen (secondary N) is 1. The number of aliphatic hydroxyl groups is 1. The van der Waals surface area contributed by atoms with Crippen LogP contribution in [0.4, 0.5) is 0 Å². The van der Waals surface area contributed by atoms with Crippen LogP contribution in [0.25, 0.3) is 11.0 Å². The van der Waals surface area contributed by atoms with E-state index in [1.165, 1.54) is 13.8 Å². The van der Waals surface area contributed by atoms with Crippen molar-refractivity contribution in [3.05, 3.63) is 101 Å². The van der Waals surface area contributed by atoms with E-state index in [-0.39, 0.29) is 24.7 Å². The fraction of sp³-hybridized carbons (Fsp3) is 0.323. The number of hydrogen-bond donors (Lipinski definition) is 2. The van der Waals surface area contributed by atoms with Gasteiger partial charge < -0.3 is 29.2 Å². The molecule has 2 heterocycles. The Kier molecular flexibility index (Phi) is 8.54. The summed E-state index contributed by atoms with van der Waals surface area (Å²) >= 11 is 0. The van der Waals surface area contributed by atoms with Crippen molar-refractivity contribution in [3.8, 4) is 0 Å². The van der Waals surface area contributed by atoms with Crippen molar-refractivity contribution in [3.63, 3.8) is 0 Å². The average molecular weight is 544 g/mol. The van der Waals surface area contributed by atoms with Crippen LogP contribution < -0.4 is 5.32 Å². The van der Waals surface area contributed by atoms with Gasteiger partial charge in [0.1, 0.15) is 0 Å². The second-order valence-corrected chi connectivity index (χ2v) is 9.95. The molecule has 1 fully saturated rings. The zero-order valence-corrected chi connectivity index (χ0v) is 22.5. The highest BCUT2D eigenvalue weighted by molar-refractivity contribution is 5.82. The second kappa shape index (κ2) is 12.4. The lowest BCUT2D eigenvalue weighted by Crippen LogP contribution is -2.35. The Labute approximate surface area is 232 Å². The molecular weight excluding hydrogens is 510 g/mol. The Bertz CT molecular complexity index is 1450. The molecule has 0 unspecified atom stereocenters. The average Bonchev–Trinajstić information content (AvgIpc) is 3.38. The Balaban J connectivity index is 1.31. The lowest BCUT2D eigenvalue weighted by Gasteiger charge is -2.36. The van der Waals surface area contributed by atoms with Crippen LogP contribution in [0, 0.1) is 0 Å². The molecule has 5 rings (SSSR count). The third-order valence-corrected chi connectivity index (χ3v) is 6.97. The first-order chi connectivity index (χ1) is 19.4. The number of para-hydroxylation sites is 2. The van der Waals surface area contributed by atoms with Crippen molar-refractivity contribution < 1.29 is 28.9 Å². The molecule has 1 aliphatic rings. The molecule has 1 aliphatic heterocycles. The number of benzene rings is 3. The van der Waals surface area contributed by atoms with Crippen LogP contribution in [0.15, 0.2) is 79.1 Å². The highest BCUT2D eigenvalue weighted by Gasteiger charge is 2.32. The molecule has 0 bridgehead atoms. The molecule has 1 amide bonds. The van der Waals surface area contributed by atoms with Gasteiger partial charge in [-0.1, -0.05) is 60.7 Å². The third kappa shape index (κ3) is 6.56. The number of esters is 1. The van der Waals surface area contributed by atoms with E-state index in [1.807, 2.05) is 73.1 Å². The fourth-order valence-electron chi connectivity index (χ4n) is 4.84. The summed E-state index contributed by atoms with van der Waals surface area (Å²) in [6.07, 6.45) is 0.715. The van der Waals surface area contributed by atoms with Crippen LogP contribution in [0.3, 0.4) is 0 Å². The topological polar surface area (TPSA) is 112 Å². The summed E-state index contributed by atoms with van der Waals surface area (Å²) in [5.74, 6) is -0.857.